The lowest BCUT2D eigenvalue weighted by Gasteiger charge is -2.07. The average molecular weight is 175 g/mol. The molecule has 0 fully saturated rings. The fourth-order valence-electron chi connectivity index (χ4n) is 1.72. The fourth-order valence-corrected chi connectivity index (χ4v) is 1.72. The summed E-state index contributed by atoms with van der Waals surface area (Å²) >= 11 is 0. The number of azide groups is 1. The number of hydrogen-bond acceptors (Lipinski definition) is 2. The van der Waals surface area contributed by atoms with Crippen LogP contribution in [0.1, 0.15) is 17.2 Å². The van der Waals surface area contributed by atoms with E-state index in [-0.39, 0.29) is 6.04 Å². The van der Waals surface area contributed by atoms with Crippen molar-refractivity contribution in [2.24, 2.45) is 5.11 Å². The highest BCUT2D eigenvalue weighted by Crippen LogP contribution is 2.32. The molecule has 4 heteroatoms. The van der Waals surface area contributed by atoms with E-state index in [1.807, 2.05) is 24.3 Å². The number of rotatable bonds is 1. The normalized spacial score (nSPS) is 25.0. The summed E-state index contributed by atoms with van der Waals surface area (Å²) in [4.78, 5) is 2.72. The number of aliphatic hydroxyl groups excluding tert-OH is 1. The molecule has 1 aromatic carbocycles. The zero-order chi connectivity index (χ0) is 9.26. The third-order valence-corrected chi connectivity index (χ3v) is 2.37. The van der Waals surface area contributed by atoms with Crippen LogP contribution in [0.5, 0.6) is 0 Å². The van der Waals surface area contributed by atoms with Crippen molar-refractivity contribution in [2.45, 2.75) is 18.6 Å². The number of aliphatic hydroxyl groups is 1. The van der Waals surface area contributed by atoms with Crippen molar-refractivity contribution < 1.29 is 5.11 Å². The standard InChI is InChI=1S/C9H9N3O/c10-12-11-8-5-6-3-1-2-4-7(6)9(8)13/h1-4,8-9,13H,5H2/t8?,9-/m0/s1. The molecule has 0 radical (unpaired) electrons. The van der Waals surface area contributed by atoms with E-state index in [2.05, 4.69) is 10.0 Å². The first kappa shape index (κ1) is 8.10. The van der Waals surface area contributed by atoms with Crippen molar-refractivity contribution in [1.29, 1.82) is 0 Å². The predicted molar refractivity (Wildman–Crippen MR) is 48.0 cm³/mol. The molecular formula is C9H9N3O. The Morgan fingerprint density at radius 2 is 2.23 bits per heavy atom. The minimum atomic E-state index is -0.632. The topological polar surface area (TPSA) is 69.0 Å². The summed E-state index contributed by atoms with van der Waals surface area (Å²) in [7, 11) is 0. The zero-order valence-corrected chi connectivity index (χ0v) is 6.96. The minimum absolute atomic E-state index is 0.331. The molecule has 1 aliphatic carbocycles. The molecule has 1 aromatic rings. The van der Waals surface area contributed by atoms with Gasteiger partial charge in [0.05, 0.1) is 12.1 Å². The number of benzene rings is 1. The molecule has 0 saturated heterocycles. The SMILES string of the molecule is [N-]=[N+]=NC1Cc2ccccc2[C@@H]1O. The molecule has 0 bridgehead atoms. The first-order valence-electron chi connectivity index (χ1n) is 4.13. The Kier molecular flexibility index (Phi) is 1.93. The van der Waals surface area contributed by atoms with Crippen molar-refractivity contribution in [3.8, 4) is 0 Å². The van der Waals surface area contributed by atoms with Gasteiger partial charge >= 0.3 is 0 Å². The van der Waals surface area contributed by atoms with Crippen molar-refractivity contribution in [1.82, 2.24) is 0 Å². The van der Waals surface area contributed by atoms with Crippen molar-refractivity contribution >= 4 is 0 Å². The smallest absolute Gasteiger partial charge is 0.0880 e. The Labute approximate surface area is 75.4 Å². The summed E-state index contributed by atoms with van der Waals surface area (Å²) in [5.74, 6) is 0. The molecule has 66 valence electrons. The first-order chi connectivity index (χ1) is 6.33. The van der Waals surface area contributed by atoms with Gasteiger partial charge in [0, 0.05) is 4.91 Å². The van der Waals surface area contributed by atoms with E-state index in [0.717, 1.165) is 11.1 Å². The van der Waals surface area contributed by atoms with Crippen LogP contribution in [0.3, 0.4) is 0 Å². The second-order valence-corrected chi connectivity index (χ2v) is 3.12. The highest BCUT2D eigenvalue weighted by molar-refractivity contribution is 5.35. The number of hydrogen-bond donors (Lipinski definition) is 1. The van der Waals surface area contributed by atoms with Gasteiger partial charge in [-0.2, -0.15) is 0 Å². The minimum Gasteiger partial charge on any atom is -0.388 e. The van der Waals surface area contributed by atoms with Crippen LogP contribution in [-0.2, 0) is 6.42 Å². The van der Waals surface area contributed by atoms with Gasteiger partial charge in [0.2, 0.25) is 0 Å². The van der Waals surface area contributed by atoms with E-state index in [0.29, 0.717) is 6.42 Å². The Balaban J connectivity index is 2.37. The summed E-state index contributed by atoms with van der Waals surface area (Å²) in [6, 6.07) is 7.28. The van der Waals surface area contributed by atoms with E-state index in [1.54, 1.807) is 0 Å². The molecule has 0 amide bonds. The van der Waals surface area contributed by atoms with Gasteiger partial charge in [-0.1, -0.05) is 29.4 Å². The summed E-state index contributed by atoms with van der Waals surface area (Å²) in [5.41, 5.74) is 10.2. The molecule has 4 nitrogen and oxygen atoms in total. The third kappa shape index (κ3) is 1.26. The van der Waals surface area contributed by atoms with E-state index in [1.165, 1.54) is 0 Å². The van der Waals surface area contributed by atoms with E-state index < -0.39 is 6.10 Å². The van der Waals surface area contributed by atoms with Gasteiger partial charge in [-0.25, -0.2) is 0 Å². The molecule has 1 unspecified atom stereocenters. The highest BCUT2D eigenvalue weighted by atomic mass is 16.3. The molecule has 0 aliphatic heterocycles. The highest BCUT2D eigenvalue weighted by Gasteiger charge is 2.29. The Hall–Kier alpha value is -1.51. The van der Waals surface area contributed by atoms with Crippen LogP contribution in [-0.4, -0.2) is 11.1 Å². The van der Waals surface area contributed by atoms with Gasteiger partial charge in [0.25, 0.3) is 0 Å². The first-order valence-corrected chi connectivity index (χ1v) is 4.13. The Bertz CT molecular complexity index is 371. The lowest BCUT2D eigenvalue weighted by Crippen LogP contribution is -2.09. The molecule has 2 atom stereocenters. The molecule has 1 aliphatic rings. The molecular weight excluding hydrogens is 166 g/mol. The van der Waals surface area contributed by atoms with E-state index >= 15 is 0 Å². The van der Waals surface area contributed by atoms with Gasteiger partial charge in [0.1, 0.15) is 0 Å². The molecule has 0 aromatic heterocycles. The zero-order valence-electron chi connectivity index (χ0n) is 6.96. The molecule has 13 heavy (non-hydrogen) atoms. The Morgan fingerprint density at radius 3 is 2.92 bits per heavy atom. The summed E-state index contributed by atoms with van der Waals surface area (Å²) in [6.45, 7) is 0. The maximum Gasteiger partial charge on any atom is 0.0880 e. The fraction of sp³-hybridized carbons (Fsp3) is 0.333. The second kappa shape index (κ2) is 3.09. The molecule has 0 spiro atoms. The molecule has 1 N–H and O–H groups in total. The Morgan fingerprint density at radius 1 is 1.46 bits per heavy atom. The van der Waals surface area contributed by atoms with Gasteiger partial charge in [-0.15, -0.1) is 0 Å². The van der Waals surface area contributed by atoms with Crippen LogP contribution in [0.2, 0.25) is 0 Å². The summed E-state index contributed by atoms with van der Waals surface area (Å²) < 4.78 is 0. The predicted octanol–water partition coefficient (Wildman–Crippen LogP) is 1.96. The van der Waals surface area contributed by atoms with Crippen LogP contribution in [0.15, 0.2) is 29.4 Å². The maximum absolute atomic E-state index is 9.71. The van der Waals surface area contributed by atoms with Gasteiger partial charge in [0.15, 0.2) is 0 Å². The molecule has 0 heterocycles. The second-order valence-electron chi connectivity index (χ2n) is 3.12. The molecule has 2 rings (SSSR count). The lowest BCUT2D eigenvalue weighted by molar-refractivity contribution is 0.159. The van der Waals surface area contributed by atoms with Crippen molar-refractivity contribution in [3.05, 3.63) is 45.8 Å². The molecule has 0 saturated carbocycles. The van der Waals surface area contributed by atoms with E-state index in [9.17, 15) is 5.11 Å². The average Bonchev–Trinajstić information content (AvgIpc) is 2.46. The van der Waals surface area contributed by atoms with Gasteiger partial charge < -0.3 is 5.11 Å². The summed E-state index contributed by atoms with van der Waals surface area (Å²) in [6.07, 6.45) is 0.00796. The van der Waals surface area contributed by atoms with Crippen LogP contribution >= 0.6 is 0 Å². The van der Waals surface area contributed by atoms with Crippen molar-refractivity contribution in [2.75, 3.05) is 0 Å². The third-order valence-electron chi connectivity index (χ3n) is 2.37. The van der Waals surface area contributed by atoms with Gasteiger partial charge in [-0.05, 0) is 23.1 Å². The van der Waals surface area contributed by atoms with Crippen LogP contribution in [0.25, 0.3) is 10.4 Å². The lowest BCUT2D eigenvalue weighted by atomic mass is 10.1. The maximum atomic E-state index is 9.71. The number of nitrogens with zero attached hydrogens (tertiary/aromatic N) is 3. The largest absolute Gasteiger partial charge is 0.388 e. The van der Waals surface area contributed by atoms with E-state index in [4.69, 9.17) is 5.53 Å². The monoisotopic (exact) mass is 175 g/mol. The van der Waals surface area contributed by atoms with Crippen LogP contribution in [0.4, 0.5) is 0 Å². The van der Waals surface area contributed by atoms with Crippen LogP contribution in [0, 0.1) is 0 Å². The number of fused-ring (bicyclic) bond motifs is 1. The quantitative estimate of drug-likeness (QED) is 0.395. The summed E-state index contributed by atoms with van der Waals surface area (Å²) in [5, 5.41) is 13.3. The van der Waals surface area contributed by atoms with Gasteiger partial charge in [-0.3, -0.25) is 0 Å². The van der Waals surface area contributed by atoms with Crippen molar-refractivity contribution in [3.63, 3.8) is 0 Å². The van der Waals surface area contributed by atoms with Crippen LogP contribution < -0.4 is 0 Å².